The zero-order valence-corrected chi connectivity index (χ0v) is 15.4. The molecule has 2 aromatic carbocycles. The average molecular weight is 362 g/mol. The fourth-order valence-corrected chi connectivity index (χ4v) is 2.66. The molecule has 0 saturated heterocycles. The monoisotopic (exact) mass is 362 g/mol. The van der Waals surface area contributed by atoms with Crippen molar-refractivity contribution in [1.29, 1.82) is 0 Å². The highest BCUT2D eigenvalue weighted by Crippen LogP contribution is 2.14. The van der Waals surface area contributed by atoms with Gasteiger partial charge in [0.2, 0.25) is 5.78 Å². The van der Waals surface area contributed by atoms with Crippen LogP contribution < -0.4 is 10.6 Å². The van der Waals surface area contributed by atoms with Gasteiger partial charge in [0.15, 0.2) is 11.9 Å². The SMILES string of the molecule is CCc1ccc(N[C@@H](NC(=O)c2ccco2)C(=O)c2ccc(C)cc2)cc1. The van der Waals surface area contributed by atoms with Gasteiger partial charge >= 0.3 is 0 Å². The van der Waals surface area contributed by atoms with Gasteiger partial charge in [0, 0.05) is 11.3 Å². The number of nitrogens with one attached hydrogen (secondary N) is 2. The van der Waals surface area contributed by atoms with Crippen LogP contribution in [0.1, 0.15) is 39.0 Å². The molecule has 0 radical (unpaired) electrons. The smallest absolute Gasteiger partial charge is 0.288 e. The third-order valence-corrected chi connectivity index (χ3v) is 4.29. The Labute approximate surface area is 158 Å². The fraction of sp³-hybridized carbons (Fsp3) is 0.182. The number of furan rings is 1. The van der Waals surface area contributed by atoms with Gasteiger partial charge < -0.3 is 15.1 Å². The highest BCUT2D eigenvalue weighted by molar-refractivity contribution is 6.04. The Morgan fingerprint density at radius 2 is 1.70 bits per heavy atom. The van der Waals surface area contributed by atoms with Crippen LogP contribution in [0.15, 0.2) is 71.3 Å². The van der Waals surface area contributed by atoms with E-state index in [2.05, 4.69) is 17.6 Å². The maximum Gasteiger partial charge on any atom is 0.288 e. The van der Waals surface area contributed by atoms with Gasteiger partial charge in [-0.25, -0.2) is 0 Å². The predicted octanol–water partition coefficient (Wildman–Crippen LogP) is 4.20. The van der Waals surface area contributed by atoms with Gasteiger partial charge in [-0.2, -0.15) is 0 Å². The molecule has 3 aromatic rings. The molecule has 5 heteroatoms. The molecule has 2 N–H and O–H groups in total. The van der Waals surface area contributed by atoms with Crippen LogP contribution >= 0.6 is 0 Å². The summed E-state index contributed by atoms with van der Waals surface area (Å²) in [5.74, 6) is -0.530. The van der Waals surface area contributed by atoms with Crippen LogP contribution in [-0.2, 0) is 6.42 Å². The zero-order chi connectivity index (χ0) is 19.2. The lowest BCUT2D eigenvalue weighted by atomic mass is 10.1. The summed E-state index contributed by atoms with van der Waals surface area (Å²) in [6.07, 6.45) is 1.43. The molecule has 3 rings (SSSR count). The lowest BCUT2D eigenvalue weighted by molar-refractivity contribution is 0.0853. The number of hydrogen-bond acceptors (Lipinski definition) is 4. The minimum Gasteiger partial charge on any atom is -0.459 e. The highest BCUT2D eigenvalue weighted by Gasteiger charge is 2.23. The van der Waals surface area contributed by atoms with Crippen molar-refractivity contribution < 1.29 is 14.0 Å². The van der Waals surface area contributed by atoms with Gasteiger partial charge in [-0.1, -0.05) is 48.9 Å². The van der Waals surface area contributed by atoms with Gasteiger partial charge in [0.1, 0.15) is 0 Å². The van der Waals surface area contributed by atoms with E-state index in [9.17, 15) is 9.59 Å². The molecular formula is C22H22N2O3. The molecule has 0 unspecified atom stereocenters. The molecule has 1 aromatic heterocycles. The molecule has 27 heavy (non-hydrogen) atoms. The number of aryl methyl sites for hydroxylation is 2. The van der Waals surface area contributed by atoms with Gasteiger partial charge in [-0.3, -0.25) is 9.59 Å². The van der Waals surface area contributed by atoms with E-state index in [1.807, 2.05) is 43.3 Å². The van der Waals surface area contributed by atoms with E-state index in [1.165, 1.54) is 11.8 Å². The maximum absolute atomic E-state index is 13.0. The Morgan fingerprint density at radius 1 is 1.00 bits per heavy atom. The molecule has 1 amide bonds. The summed E-state index contributed by atoms with van der Waals surface area (Å²) in [5.41, 5.74) is 3.52. The topological polar surface area (TPSA) is 71.3 Å². The van der Waals surface area contributed by atoms with Gasteiger partial charge in [0.25, 0.3) is 5.91 Å². The van der Waals surface area contributed by atoms with Crippen molar-refractivity contribution in [1.82, 2.24) is 5.32 Å². The first-order valence-electron chi connectivity index (χ1n) is 8.87. The number of anilines is 1. The van der Waals surface area contributed by atoms with Gasteiger partial charge in [-0.15, -0.1) is 0 Å². The molecular weight excluding hydrogens is 340 g/mol. The Balaban J connectivity index is 1.83. The van der Waals surface area contributed by atoms with Crippen LogP contribution in [0.5, 0.6) is 0 Å². The normalized spacial score (nSPS) is 11.6. The largest absolute Gasteiger partial charge is 0.459 e. The highest BCUT2D eigenvalue weighted by atomic mass is 16.3. The van der Waals surface area contributed by atoms with Crippen LogP contribution in [0.2, 0.25) is 0 Å². The van der Waals surface area contributed by atoms with Crippen molar-refractivity contribution in [3.63, 3.8) is 0 Å². The Morgan fingerprint density at radius 3 is 2.30 bits per heavy atom. The number of carbonyl (C=O) groups excluding carboxylic acids is 2. The first kappa shape index (κ1) is 18.5. The van der Waals surface area contributed by atoms with Crippen LogP contribution in [0.25, 0.3) is 0 Å². The molecule has 0 bridgehead atoms. The summed E-state index contributed by atoms with van der Waals surface area (Å²) in [4.78, 5) is 25.4. The third-order valence-electron chi connectivity index (χ3n) is 4.29. The fourth-order valence-electron chi connectivity index (χ4n) is 2.66. The van der Waals surface area contributed by atoms with Gasteiger partial charge in [0.05, 0.1) is 6.26 Å². The molecule has 1 atom stereocenters. The first-order valence-corrected chi connectivity index (χ1v) is 8.87. The van der Waals surface area contributed by atoms with E-state index in [1.54, 1.807) is 24.3 Å². The minimum absolute atomic E-state index is 0.153. The second kappa shape index (κ2) is 8.36. The van der Waals surface area contributed by atoms with E-state index in [-0.39, 0.29) is 11.5 Å². The summed E-state index contributed by atoms with van der Waals surface area (Å²) in [6.45, 7) is 4.04. The first-order chi connectivity index (χ1) is 13.1. The summed E-state index contributed by atoms with van der Waals surface area (Å²) in [7, 11) is 0. The second-order valence-electron chi connectivity index (χ2n) is 6.31. The van der Waals surface area contributed by atoms with E-state index in [0.717, 1.165) is 17.7 Å². The van der Waals surface area contributed by atoms with E-state index in [0.29, 0.717) is 5.56 Å². The number of hydrogen-bond donors (Lipinski definition) is 2. The second-order valence-corrected chi connectivity index (χ2v) is 6.31. The van der Waals surface area contributed by atoms with Crippen LogP contribution in [0, 0.1) is 6.92 Å². The number of carbonyl (C=O) groups is 2. The van der Waals surface area contributed by atoms with Crippen molar-refractivity contribution in [3.8, 4) is 0 Å². The molecule has 5 nitrogen and oxygen atoms in total. The Hall–Kier alpha value is -3.34. The molecule has 0 spiro atoms. The molecule has 0 saturated carbocycles. The van der Waals surface area contributed by atoms with Crippen LogP contribution in [0.4, 0.5) is 5.69 Å². The maximum atomic E-state index is 13.0. The van der Waals surface area contributed by atoms with Crippen molar-refractivity contribution >= 4 is 17.4 Å². The van der Waals surface area contributed by atoms with Crippen molar-refractivity contribution in [2.45, 2.75) is 26.4 Å². The Bertz CT molecular complexity index is 898. The van der Waals surface area contributed by atoms with Gasteiger partial charge in [-0.05, 0) is 43.2 Å². The molecule has 0 aliphatic carbocycles. The van der Waals surface area contributed by atoms with Crippen molar-refractivity contribution in [3.05, 3.63) is 89.4 Å². The number of amides is 1. The standard InChI is InChI=1S/C22H22N2O3/c1-3-16-8-12-18(13-9-16)23-21(24-22(26)19-5-4-14-27-19)20(25)17-10-6-15(2)7-11-17/h4-14,21,23H,3H2,1-2H3,(H,24,26)/t21-/m0/s1. The lowest BCUT2D eigenvalue weighted by Gasteiger charge is -2.20. The summed E-state index contributed by atoms with van der Waals surface area (Å²) >= 11 is 0. The number of ketones is 1. The zero-order valence-electron chi connectivity index (χ0n) is 15.4. The van der Waals surface area contributed by atoms with E-state index in [4.69, 9.17) is 4.42 Å². The molecule has 1 heterocycles. The van der Waals surface area contributed by atoms with Crippen LogP contribution in [-0.4, -0.2) is 17.9 Å². The lowest BCUT2D eigenvalue weighted by Crippen LogP contribution is -2.46. The summed E-state index contributed by atoms with van der Waals surface area (Å²) in [5, 5.41) is 5.83. The van der Waals surface area contributed by atoms with Crippen molar-refractivity contribution in [2.75, 3.05) is 5.32 Å². The molecule has 0 aliphatic rings. The predicted molar refractivity (Wildman–Crippen MR) is 105 cm³/mol. The number of benzene rings is 2. The third kappa shape index (κ3) is 4.64. The quantitative estimate of drug-likeness (QED) is 0.488. The average Bonchev–Trinajstić information content (AvgIpc) is 3.23. The van der Waals surface area contributed by atoms with Crippen molar-refractivity contribution in [2.24, 2.45) is 0 Å². The number of rotatable bonds is 7. The molecule has 0 fully saturated rings. The summed E-state index contributed by atoms with van der Waals surface area (Å²) in [6, 6.07) is 18.2. The summed E-state index contributed by atoms with van der Waals surface area (Å²) < 4.78 is 5.13. The molecule has 0 aliphatic heterocycles. The van der Waals surface area contributed by atoms with E-state index >= 15 is 0 Å². The number of Topliss-reactive ketones (excluding diaryl/α,β-unsaturated/α-hetero) is 1. The van der Waals surface area contributed by atoms with Crippen LogP contribution in [0.3, 0.4) is 0 Å². The Kier molecular flexibility index (Phi) is 5.71. The molecule has 138 valence electrons. The minimum atomic E-state index is -0.919. The van der Waals surface area contributed by atoms with E-state index < -0.39 is 12.1 Å².